The summed E-state index contributed by atoms with van der Waals surface area (Å²) in [5.74, 6) is 0. The van der Waals surface area contributed by atoms with Crippen molar-refractivity contribution < 1.29 is 14.3 Å². The Morgan fingerprint density at radius 1 is 0.895 bits per heavy atom. The molecule has 0 aliphatic carbocycles. The van der Waals surface area contributed by atoms with Crippen LogP contribution in [0.4, 0.5) is 0 Å². The van der Waals surface area contributed by atoms with Gasteiger partial charge in [0.2, 0.25) is 0 Å². The van der Waals surface area contributed by atoms with E-state index in [1.54, 1.807) is 6.92 Å². The van der Waals surface area contributed by atoms with Crippen LogP contribution in [-0.2, 0) is 14.6 Å². The third-order valence-corrected chi connectivity index (χ3v) is 7.98. The van der Waals surface area contributed by atoms with Crippen molar-refractivity contribution in [3.8, 4) is 0 Å². The van der Waals surface area contributed by atoms with Crippen molar-refractivity contribution in [1.29, 1.82) is 0 Å². The highest BCUT2D eigenvalue weighted by molar-refractivity contribution is 8.27. The van der Waals surface area contributed by atoms with E-state index in [2.05, 4.69) is 0 Å². The molecule has 2 N–H and O–H groups in total. The largest absolute Gasteiger partial charge is 0.328 e. The summed E-state index contributed by atoms with van der Waals surface area (Å²) in [6.07, 6.45) is 0. The van der Waals surface area contributed by atoms with Crippen molar-refractivity contribution in [2.75, 3.05) is 6.61 Å². The van der Waals surface area contributed by atoms with E-state index in [-0.39, 0.29) is 6.61 Å². The molecular weight excluding hydrogens is 279 g/mol. The van der Waals surface area contributed by atoms with E-state index >= 15 is 0 Å². The van der Waals surface area contributed by atoms with E-state index in [0.29, 0.717) is 0 Å². The van der Waals surface area contributed by atoms with Crippen molar-refractivity contribution >= 4 is 16.8 Å². The Labute approximate surface area is 115 Å². The second-order valence-corrected chi connectivity index (χ2v) is 9.09. The van der Waals surface area contributed by atoms with Crippen LogP contribution in [0.1, 0.15) is 6.92 Å². The van der Waals surface area contributed by atoms with E-state index in [0.717, 1.165) is 9.79 Å². The molecule has 0 atom stereocenters. The quantitative estimate of drug-likeness (QED) is 0.850. The van der Waals surface area contributed by atoms with Gasteiger partial charge in [-0.3, -0.25) is 0 Å². The zero-order valence-electron chi connectivity index (χ0n) is 10.6. The Morgan fingerprint density at radius 2 is 1.32 bits per heavy atom. The molecule has 0 aliphatic rings. The van der Waals surface area contributed by atoms with Gasteiger partial charge in [0.1, 0.15) is 0 Å². The molecule has 0 bridgehead atoms. The third-order valence-electron chi connectivity index (χ3n) is 2.47. The van der Waals surface area contributed by atoms with Crippen LogP contribution in [0.3, 0.4) is 0 Å². The van der Waals surface area contributed by atoms with E-state index < -0.39 is 16.8 Å². The number of hydrogen-bond donors (Lipinski definition) is 2. The molecule has 0 amide bonds. The lowest BCUT2D eigenvalue weighted by atomic mass is 10.4. The third kappa shape index (κ3) is 3.56. The summed E-state index contributed by atoms with van der Waals surface area (Å²) in [5, 5.41) is 0. The van der Waals surface area contributed by atoms with Gasteiger partial charge in [-0.1, -0.05) is 46.5 Å². The molecule has 0 aliphatic heterocycles. The minimum Gasteiger partial charge on any atom is -0.328 e. The van der Waals surface area contributed by atoms with Gasteiger partial charge in [-0.2, -0.15) is 0 Å². The van der Waals surface area contributed by atoms with Gasteiger partial charge in [-0.05, 0) is 31.2 Å². The molecule has 0 aromatic heterocycles. The lowest BCUT2D eigenvalue weighted by Gasteiger charge is -2.20. The molecule has 102 valence electrons. The highest BCUT2D eigenvalue weighted by atomic mass is 32.5. The molecule has 2 aromatic carbocycles. The summed E-state index contributed by atoms with van der Waals surface area (Å²) in [7, 11) is -0.861. The van der Waals surface area contributed by atoms with Gasteiger partial charge in [0.05, 0.1) is 6.61 Å². The van der Waals surface area contributed by atoms with E-state index in [4.69, 9.17) is 4.52 Å². The number of benzene rings is 2. The highest BCUT2D eigenvalue weighted by Gasteiger charge is 2.20. The highest BCUT2D eigenvalue weighted by Crippen LogP contribution is 2.48. The van der Waals surface area contributed by atoms with Crippen LogP contribution < -0.4 is 0 Å². The summed E-state index contributed by atoms with van der Waals surface area (Å²) < 4.78 is 5.23. The predicted molar refractivity (Wildman–Crippen MR) is 79.8 cm³/mol. The van der Waals surface area contributed by atoms with Crippen LogP contribution in [0.25, 0.3) is 0 Å². The SMILES string of the molecule is CCOP(O)(O)=S(c1ccccc1)c1ccccc1. The monoisotopic (exact) mass is 296 g/mol. The number of rotatable bonds is 4. The molecule has 0 fully saturated rings. The topological polar surface area (TPSA) is 49.7 Å². The molecule has 0 saturated carbocycles. The lowest BCUT2D eigenvalue weighted by Crippen LogP contribution is -2.00. The molecule has 2 rings (SSSR count). The average molecular weight is 296 g/mol. The van der Waals surface area contributed by atoms with Gasteiger partial charge in [0.25, 0.3) is 6.72 Å². The maximum Gasteiger partial charge on any atom is 0.288 e. The van der Waals surface area contributed by atoms with E-state index in [1.165, 1.54) is 0 Å². The molecule has 0 saturated heterocycles. The van der Waals surface area contributed by atoms with E-state index in [9.17, 15) is 9.79 Å². The smallest absolute Gasteiger partial charge is 0.288 e. The second kappa shape index (κ2) is 6.51. The zero-order valence-corrected chi connectivity index (χ0v) is 12.3. The Hall–Kier alpha value is -0.900. The molecular formula is C14H17O3PS. The maximum atomic E-state index is 10.3. The minimum atomic E-state index is -3.47. The standard InChI is InChI=1S/C14H17O3PS/c1-2-17-18(15,16)19(13-9-5-3-6-10-13)14-11-7-4-8-12-14/h3-12,15-16H,2H2,1H3. The fraction of sp³-hybridized carbons (Fsp3) is 0.143. The Bertz CT molecular complexity index is 537. The van der Waals surface area contributed by atoms with Crippen LogP contribution >= 0.6 is 6.72 Å². The molecule has 3 nitrogen and oxygen atoms in total. The van der Waals surface area contributed by atoms with Gasteiger partial charge in [-0.15, -0.1) is 0 Å². The summed E-state index contributed by atoms with van der Waals surface area (Å²) in [6, 6.07) is 19.0. The summed E-state index contributed by atoms with van der Waals surface area (Å²) in [4.78, 5) is 22.4. The van der Waals surface area contributed by atoms with Crippen LogP contribution in [-0.4, -0.2) is 16.4 Å². The van der Waals surface area contributed by atoms with Crippen LogP contribution in [0.5, 0.6) is 0 Å². The van der Waals surface area contributed by atoms with Gasteiger partial charge in [-0.25, -0.2) is 0 Å². The first-order valence-corrected chi connectivity index (χ1v) is 9.43. The second-order valence-electron chi connectivity index (χ2n) is 3.82. The Kier molecular flexibility index (Phi) is 4.97. The molecule has 19 heavy (non-hydrogen) atoms. The first-order chi connectivity index (χ1) is 9.15. The first-order valence-electron chi connectivity index (χ1n) is 5.99. The average Bonchev–Trinajstić information content (AvgIpc) is 2.41. The Balaban J connectivity index is 2.66. The van der Waals surface area contributed by atoms with Gasteiger partial charge in [0.15, 0.2) is 0 Å². The van der Waals surface area contributed by atoms with Gasteiger partial charge >= 0.3 is 0 Å². The molecule has 0 heterocycles. The molecule has 0 radical (unpaired) electrons. The summed E-state index contributed by atoms with van der Waals surface area (Å²) in [5.41, 5.74) is 0. The van der Waals surface area contributed by atoms with Gasteiger partial charge < -0.3 is 14.3 Å². The van der Waals surface area contributed by atoms with Crippen molar-refractivity contribution in [3.63, 3.8) is 0 Å². The predicted octanol–water partition coefficient (Wildman–Crippen LogP) is 3.42. The summed E-state index contributed by atoms with van der Waals surface area (Å²) >= 11 is 0. The van der Waals surface area contributed by atoms with Crippen LogP contribution in [0.2, 0.25) is 0 Å². The minimum absolute atomic E-state index is 0.282. The zero-order chi connectivity index (χ0) is 13.7. The number of hydrogen-bond acceptors (Lipinski definition) is 1. The molecule has 0 unspecified atom stereocenters. The van der Waals surface area contributed by atoms with Crippen molar-refractivity contribution in [3.05, 3.63) is 60.7 Å². The first kappa shape index (κ1) is 14.5. The summed E-state index contributed by atoms with van der Waals surface area (Å²) in [6.45, 7) is -1.42. The molecule has 2 aromatic rings. The lowest BCUT2D eigenvalue weighted by molar-refractivity contribution is 0.265. The maximum absolute atomic E-state index is 10.3. The fourth-order valence-corrected chi connectivity index (χ4v) is 6.83. The van der Waals surface area contributed by atoms with E-state index in [1.807, 2.05) is 60.7 Å². The van der Waals surface area contributed by atoms with Crippen LogP contribution in [0.15, 0.2) is 70.5 Å². The van der Waals surface area contributed by atoms with Crippen molar-refractivity contribution in [2.24, 2.45) is 0 Å². The molecule has 5 heteroatoms. The van der Waals surface area contributed by atoms with Crippen molar-refractivity contribution in [2.45, 2.75) is 16.7 Å². The fourth-order valence-electron chi connectivity index (χ4n) is 1.73. The van der Waals surface area contributed by atoms with Crippen molar-refractivity contribution in [1.82, 2.24) is 0 Å². The van der Waals surface area contributed by atoms with Crippen LogP contribution in [0, 0.1) is 0 Å². The molecule has 0 spiro atoms. The van der Waals surface area contributed by atoms with Gasteiger partial charge in [0, 0.05) is 9.79 Å². The Morgan fingerprint density at radius 3 is 1.68 bits per heavy atom. The normalized spacial score (nSPS) is 11.8.